The van der Waals surface area contributed by atoms with Crippen molar-refractivity contribution in [3.05, 3.63) is 34.9 Å². The molecule has 1 heterocycles. The molecule has 1 aliphatic heterocycles. The van der Waals surface area contributed by atoms with E-state index >= 15 is 0 Å². The van der Waals surface area contributed by atoms with Crippen LogP contribution < -0.4 is 9.16 Å². The molecule has 0 aromatic heterocycles. The number of hydrogen-bond donors (Lipinski definition) is 0. The summed E-state index contributed by atoms with van der Waals surface area (Å²) < 4.78 is 20.3. The van der Waals surface area contributed by atoms with E-state index < -0.39 is 16.6 Å². The molecule has 1 aromatic rings. The molecule has 0 saturated carbocycles. The van der Waals surface area contributed by atoms with E-state index in [0.29, 0.717) is 5.92 Å². The Morgan fingerprint density at radius 3 is 2.31 bits per heavy atom. The Kier molecular flexibility index (Phi) is 7.44. The minimum Gasteiger partial charge on any atom is -0.544 e. The molecular formula is C27H46O3Si2. The lowest BCUT2D eigenvalue weighted by Gasteiger charge is -2.51. The molecule has 0 N–H and O–H groups in total. The number of fused-ring (bicyclic) bond motifs is 3. The highest BCUT2D eigenvalue weighted by atomic mass is 28.4. The van der Waals surface area contributed by atoms with E-state index in [2.05, 4.69) is 85.2 Å². The maximum Gasteiger partial charge on any atom is 0.242 e. The topological polar surface area (TPSA) is 27.7 Å². The lowest BCUT2D eigenvalue weighted by Crippen LogP contribution is -2.53. The van der Waals surface area contributed by atoms with Crippen LogP contribution in [-0.2, 0) is 10.8 Å². The second-order valence-electron chi connectivity index (χ2n) is 12.4. The van der Waals surface area contributed by atoms with Crippen molar-refractivity contribution in [3.63, 3.8) is 0 Å². The van der Waals surface area contributed by atoms with Crippen LogP contribution in [0.2, 0.25) is 39.3 Å². The summed E-state index contributed by atoms with van der Waals surface area (Å²) in [5, 5.41) is 0. The fraction of sp³-hybridized carbons (Fsp3) is 0.704. The molecule has 180 valence electrons. The van der Waals surface area contributed by atoms with Gasteiger partial charge in [-0.25, -0.2) is 0 Å². The summed E-state index contributed by atoms with van der Waals surface area (Å²) in [6.45, 7) is 22.7. The number of aryl methyl sites for hydroxylation is 1. The molecule has 2 aliphatic rings. The van der Waals surface area contributed by atoms with Gasteiger partial charge >= 0.3 is 0 Å². The van der Waals surface area contributed by atoms with Gasteiger partial charge < -0.3 is 13.6 Å². The molecular weight excluding hydrogens is 428 g/mol. The Hall–Kier alpha value is -1.05. The van der Waals surface area contributed by atoms with Crippen LogP contribution in [0.5, 0.6) is 11.5 Å². The predicted molar refractivity (Wildman–Crippen MR) is 141 cm³/mol. The van der Waals surface area contributed by atoms with Crippen LogP contribution in [0.15, 0.2) is 23.8 Å². The third-order valence-corrected chi connectivity index (χ3v) is 8.27. The maximum absolute atomic E-state index is 6.81. The summed E-state index contributed by atoms with van der Waals surface area (Å²) >= 11 is 0. The third-order valence-electron chi connectivity index (χ3n) is 6.46. The van der Waals surface area contributed by atoms with Crippen LogP contribution >= 0.6 is 0 Å². The number of unbranched alkanes of at least 4 members (excludes halogenated alkanes) is 2. The van der Waals surface area contributed by atoms with Gasteiger partial charge in [0, 0.05) is 17.4 Å². The van der Waals surface area contributed by atoms with Gasteiger partial charge in [-0.2, -0.15) is 0 Å². The molecule has 0 spiro atoms. The van der Waals surface area contributed by atoms with Crippen molar-refractivity contribution >= 4 is 16.6 Å². The third kappa shape index (κ3) is 6.09. The van der Waals surface area contributed by atoms with Crippen molar-refractivity contribution in [2.24, 2.45) is 5.92 Å². The first-order valence-corrected chi connectivity index (χ1v) is 19.4. The first kappa shape index (κ1) is 25.6. The number of hydrogen-bond acceptors (Lipinski definition) is 3. The van der Waals surface area contributed by atoms with E-state index in [1.165, 1.54) is 36.0 Å². The summed E-state index contributed by atoms with van der Waals surface area (Å²) in [6, 6.07) is 4.63. The monoisotopic (exact) mass is 474 g/mol. The number of benzene rings is 1. The Bertz CT molecular complexity index is 846. The van der Waals surface area contributed by atoms with Gasteiger partial charge in [0.1, 0.15) is 17.1 Å². The largest absolute Gasteiger partial charge is 0.544 e. The molecule has 3 atom stereocenters. The lowest BCUT2D eigenvalue weighted by atomic mass is 9.66. The Morgan fingerprint density at radius 1 is 1.03 bits per heavy atom. The van der Waals surface area contributed by atoms with E-state index in [1.54, 1.807) is 0 Å². The highest BCUT2D eigenvalue weighted by Crippen LogP contribution is 2.55. The molecule has 3 nitrogen and oxygen atoms in total. The normalized spacial score (nSPS) is 24.8. The van der Waals surface area contributed by atoms with Gasteiger partial charge in [-0.05, 0) is 97.0 Å². The smallest absolute Gasteiger partial charge is 0.242 e. The first-order chi connectivity index (χ1) is 14.7. The molecule has 0 fully saturated rings. The van der Waals surface area contributed by atoms with Gasteiger partial charge in [0.2, 0.25) is 8.32 Å². The summed E-state index contributed by atoms with van der Waals surface area (Å²) in [5.41, 5.74) is 3.76. The van der Waals surface area contributed by atoms with Crippen molar-refractivity contribution in [1.29, 1.82) is 0 Å². The van der Waals surface area contributed by atoms with Gasteiger partial charge in [0.25, 0.3) is 0 Å². The zero-order chi connectivity index (χ0) is 23.9. The number of allylic oxidation sites excluding steroid dienone is 1. The molecule has 0 saturated heterocycles. The standard InChI is InChI=1S/C27H46O3Si2/c1-11-12-13-14-20-17-22-25(23(18-20)29-31(5,6)7)21-15-19(2)16-24(30-32(8,9)10)26(21)27(3,4)28-22/h16-18,21,24,26H,11-15H2,1-10H3/t21-,24-,26-/m1/s1. The first-order valence-electron chi connectivity index (χ1n) is 12.6. The van der Waals surface area contributed by atoms with Crippen molar-refractivity contribution in [1.82, 2.24) is 0 Å². The van der Waals surface area contributed by atoms with Gasteiger partial charge in [-0.15, -0.1) is 0 Å². The average Bonchev–Trinajstić information content (AvgIpc) is 2.57. The number of rotatable bonds is 8. The van der Waals surface area contributed by atoms with Crippen LogP contribution in [0.3, 0.4) is 0 Å². The maximum atomic E-state index is 6.81. The zero-order valence-electron chi connectivity index (χ0n) is 22.2. The van der Waals surface area contributed by atoms with E-state index in [9.17, 15) is 0 Å². The molecule has 0 amide bonds. The minimum absolute atomic E-state index is 0.0903. The van der Waals surface area contributed by atoms with Gasteiger partial charge in [0.05, 0.1) is 6.10 Å². The van der Waals surface area contributed by atoms with Crippen molar-refractivity contribution in [2.45, 2.75) is 117 Å². The summed E-state index contributed by atoms with van der Waals surface area (Å²) in [6.07, 6.45) is 8.30. The molecule has 3 rings (SSSR count). The molecule has 0 bridgehead atoms. The molecule has 0 radical (unpaired) electrons. The summed E-state index contributed by atoms with van der Waals surface area (Å²) in [5.74, 6) is 2.75. The van der Waals surface area contributed by atoms with Crippen molar-refractivity contribution in [2.75, 3.05) is 0 Å². The van der Waals surface area contributed by atoms with Crippen LogP contribution in [-0.4, -0.2) is 28.3 Å². The van der Waals surface area contributed by atoms with E-state index in [1.807, 2.05) is 0 Å². The second kappa shape index (κ2) is 9.30. The Morgan fingerprint density at radius 2 is 1.72 bits per heavy atom. The van der Waals surface area contributed by atoms with Crippen LogP contribution in [0.1, 0.15) is 70.4 Å². The van der Waals surface area contributed by atoms with Crippen molar-refractivity contribution in [3.8, 4) is 11.5 Å². The second-order valence-corrected chi connectivity index (χ2v) is 21.3. The quantitative estimate of drug-likeness (QED) is 0.216. The Balaban J connectivity index is 2.11. The van der Waals surface area contributed by atoms with Crippen LogP contribution in [0, 0.1) is 5.92 Å². The molecule has 0 unspecified atom stereocenters. The fourth-order valence-corrected chi connectivity index (χ4v) is 7.29. The van der Waals surface area contributed by atoms with Gasteiger partial charge in [-0.3, -0.25) is 0 Å². The summed E-state index contributed by atoms with van der Waals surface area (Å²) in [4.78, 5) is 0. The van der Waals surface area contributed by atoms with E-state index in [4.69, 9.17) is 13.6 Å². The molecule has 1 aliphatic carbocycles. The Labute approximate surface area is 199 Å². The SMILES string of the molecule is CCCCCc1cc2c(c(O[Si](C)(C)C)c1)[C@H]1CC(C)=C[C@@H](O[Si](C)(C)C)[C@@H]1C(C)(C)O2. The highest BCUT2D eigenvalue weighted by molar-refractivity contribution is 6.70. The van der Waals surface area contributed by atoms with Crippen LogP contribution in [0.25, 0.3) is 0 Å². The lowest BCUT2D eigenvalue weighted by molar-refractivity contribution is -0.0400. The number of ether oxygens (including phenoxy) is 1. The van der Waals surface area contributed by atoms with Crippen molar-refractivity contribution < 1.29 is 13.6 Å². The predicted octanol–water partition coefficient (Wildman–Crippen LogP) is 8.07. The molecule has 32 heavy (non-hydrogen) atoms. The minimum atomic E-state index is -1.78. The van der Waals surface area contributed by atoms with Crippen LogP contribution in [0.4, 0.5) is 0 Å². The molecule has 5 heteroatoms. The van der Waals surface area contributed by atoms with E-state index in [0.717, 1.165) is 24.3 Å². The highest BCUT2D eigenvalue weighted by Gasteiger charge is 2.51. The van der Waals surface area contributed by atoms with Gasteiger partial charge in [-0.1, -0.05) is 31.4 Å². The zero-order valence-corrected chi connectivity index (χ0v) is 24.2. The fourth-order valence-electron chi connectivity index (χ4n) is 5.43. The van der Waals surface area contributed by atoms with Gasteiger partial charge in [0.15, 0.2) is 8.32 Å². The van der Waals surface area contributed by atoms with E-state index in [-0.39, 0.29) is 17.6 Å². The summed E-state index contributed by atoms with van der Waals surface area (Å²) in [7, 11) is -3.49. The molecule has 1 aromatic carbocycles. The average molecular weight is 475 g/mol.